The molecule has 0 aliphatic rings. The fourth-order valence-corrected chi connectivity index (χ4v) is 1.70. The van der Waals surface area contributed by atoms with Crippen LogP contribution in [0, 0.1) is 0 Å². The van der Waals surface area contributed by atoms with Gasteiger partial charge in [-0.15, -0.1) is 0 Å². The summed E-state index contributed by atoms with van der Waals surface area (Å²) < 4.78 is 0. The first-order valence-electron chi connectivity index (χ1n) is 5.42. The van der Waals surface area contributed by atoms with Gasteiger partial charge in [-0.25, -0.2) is 0 Å². The summed E-state index contributed by atoms with van der Waals surface area (Å²) in [7, 11) is 0. The van der Waals surface area contributed by atoms with Crippen molar-refractivity contribution >= 4 is 22.8 Å². The van der Waals surface area contributed by atoms with Crippen molar-refractivity contribution in [1.29, 1.82) is 0 Å². The van der Waals surface area contributed by atoms with E-state index in [-0.39, 0.29) is 28.3 Å². The molecule has 0 aliphatic carbocycles. The lowest BCUT2D eigenvalue weighted by Crippen LogP contribution is -2.07. The minimum atomic E-state index is -0.544. The molecule has 0 saturated carbocycles. The number of ketones is 1. The van der Waals surface area contributed by atoms with Crippen LogP contribution in [0.4, 0.5) is 17.1 Å². The molecule has 0 unspecified atom stereocenters. The highest BCUT2D eigenvalue weighted by atomic mass is 16.3. The van der Waals surface area contributed by atoms with Gasteiger partial charge in [0.25, 0.3) is 0 Å². The minimum Gasteiger partial charge on any atom is -0.506 e. The van der Waals surface area contributed by atoms with Gasteiger partial charge in [-0.2, -0.15) is 0 Å². The average molecular weight is 259 g/mol. The minimum absolute atomic E-state index is 0.120. The largest absolute Gasteiger partial charge is 0.506 e. The number of carbonyl (C=O) groups is 1. The molecule has 2 aromatic carbocycles. The Bertz CT molecular complexity index is 625. The van der Waals surface area contributed by atoms with E-state index in [1.54, 1.807) is 12.1 Å². The first kappa shape index (κ1) is 12.6. The Morgan fingerprint density at radius 3 is 2.16 bits per heavy atom. The molecular weight excluding hydrogens is 246 g/mol. The summed E-state index contributed by atoms with van der Waals surface area (Å²) in [6.07, 6.45) is 0. The number of rotatable bonds is 2. The Morgan fingerprint density at radius 1 is 1.00 bits per heavy atom. The number of hydrogen-bond acceptors (Lipinski definition) is 6. The molecule has 8 N–H and O–H groups in total. The van der Waals surface area contributed by atoms with Gasteiger partial charge in [0, 0.05) is 17.3 Å². The van der Waals surface area contributed by atoms with E-state index in [0.717, 1.165) is 6.07 Å². The van der Waals surface area contributed by atoms with Gasteiger partial charge in [0.05, 0.1) is 16.9 Å². The van der Waals surface area contributed by atoms with Gasteiger partial charge in [0.1, 0.15) is 5.75 Å². The van der Waals surface area contributed by atoms with Crippen molar-refractivity contribution in [1.82, 2.24) is 0 Å². The van der Waals surface area contributed by atoms with Gasteiger partial charge >= 0.3 is 0 Å². The number of aromatic hydroxyl groups is 2. The molecule has 19 heavy (non-hydrogen) atoms. The lowest BCUT2D eigenvalue weighted by atomic mass is 9.99. The average Bonchev–Trinajstić information content (AvgIpc) is 2.37. The van der Waals surface area contributed by atoms with Crippen LogP contribution in [-0.2, 0) is 0 Å². The quantitative estimate of drug-likeness (QED) is 0.237. The SMILES string of the molecule is Nc1ccc(C(=O)c2c(N)c(O)cc(N)c2O)cc1. The third-order valence-electron chi connectivity index (χ3n) is 2.75. The lowest BCUT2D eigenvalue weighted by Gasteiger charge is -2.11. The van der Waals surface area contributed by atoms with Gasteiger partial charge < -0.3 is 27.4 Å². The molecule has 0 bridgehead atoms. The first-order valence-corrected chi connectivity index (χ1v) is 5.42. The van der Waals surface area contributed by atoms with Crippen LogP contribution in [0.2, 0.25) is 0 Å². The molecule has 0 atom stereocenters. The molecule has 98 valence electrons. The number of benzene rings is 2. The summed E-state index contributed by atoms with van der Waals surface area (Å²) >= 11 is 0. The van der Waals surface area contributed by atoms with Crippen LogP contribution in [0.3, 0.4) is 0 Å². The molecule has 0 spiro atoms. The highest BCUT2D eigenvalue weighted by molar-refractivity contribution is 6.15. The molecule has 0 amide bonds. The summed E-state index contributed by atoms with van der Waals surface area (Å²) in [5.41, 5.74) is 16.9. The molecule has 0 saturated heterocycles. The Morgan fingerprint density at radius 2 is 1.58 bits per heavy atom. The van der Waals surface area contributed by atoms with E-state index in [0.29, 0.717) is 5.69 Å². The molecule has 0 fully saturated rings. The van der Waals surface area contributed by atoms with E-state index in [9.17, 15) is 15.0 Å². The zero-order valence-corrected chi connectivity index (χ0v) is 9.92. The predicted octanol–water partition coefficient (Wildman–Crippen LogP) is 1.08. The van der Waals surface area contributed by atoms with Crippen LogP contribution in [0.5, 0.6) is 11.5 Å². The summed E-state index contributed by atoms with van der Waals surface area (Å²) in [6, 6.07) is 7.18. The van der Waals surface area contributed by atoms with Crippen molar-refractivity contribution in [3.05, 3.63) is 41.5 Å². The van der Waals surface area contributed by atoms with Crippen molar-refractivity contribution in [2.75, 3.05) is 17.2 Å². The van der Waals surface area contributed by atoms with Crippen LogP contribution in [-0.4, -0.2) is 16.0 Å². The van der Waals surface area contributed by atoms with Gasteiger partial charge in [-0.3, -0.25) is 4.79 Å². The van der Waals surface area contributed by atoms with E-state index < -0.39 is 11.5 Å². The molecular formula is C13H13N3O3. The highest BCUT2D eigenvalue weighted by Gasteiger charge is 2.21. The van der Waals surface area contributed by atoms with Crippen molar-refractivity contribution in [2.24, 2.45) is 0 Å². The highest BCUT2D eigenvalue weighted by Crippen LogP contribution is 2.38. The van der Waals surface area contributed by atoms with Crippen LogP contribution >= 0.6 is 0 Å². The molecule has 6 heteroatoms. The van der Waals surface area contributed by atoms with Gasteiger partial charge in [-0.05, 0) is 24.3 Å². The number of carbonyl (C=O) groups excluding carboxylic acids is 1. The van der Waals surface area contributed by atoms with E-state index in [1.807, 2.05) is 0 Å². The second kappa shape index (κ2) is 4.41. The van der Waals surface area contributed by atoms with Crippen LogP contribution in [0.1, 0.15) is 15.9 Å². The fourth-order valence-electron chi connectivity index (χ4n) is 1.70. The summed E-state index contributed by atoms with van der Waals surface area (Å²) in [5.74, 6) is -1.34. The van der Waals surface area contributed by atoms with Crippen LogP contribution in [0.25, 0.3) is 0 Å². The third kappa shape index (κ3) is 2.11. The molecule has 6 nitrogen and oxygen atoms in total. The van der Waals surface area contributed by atoms with Crippen molar-refractivity contribution in [3.63, 3.8) is 0 Å². The molecule has 2 aromatic rings. The second-order valence-corrected chi connectivity index (χ2v) is 4.07. The molecule has 0 aliphatic heterocycles. The molecule has 0 heterocycles. The Balaban J connectivity index is 2.59. The number of nitrogen functional groups attached to an aromatic ring is 3. The van der Waals surface area contributed by atoms with Gasteiger partial charge in [0.15, 0.2) is 11.5 Å². The smallest absolute Gasteiger partial charge is 0.199 e. The summed E-state index contributed by atoms with van der Waals surface area (Å²) in [4.78, 5) is 12.3. The zero-order valence-electron chi connectivity index (χ0n) is 9.92. The van der Waals surface area contributed by atoms with Crippen molar-refractivity contribution in [3.8, 4) is 11.5 Å². The normalized spacial score (nSPS) is 10.3. The Kier molecular flexibility index (Phi) is 2.92. The molecule has 0 aromatic heterocycles. The zero-order chi connectivity index (χ0) is 14.2. The maximum atomic E-state index is 12.3. The van der Waals surface area contributed by atoms with Crippen molar-refractivity contribution in [2.45, 2.75) is 0 Å². The second-order valence-electron chi connectivity index (χ2n) is 4.07. The Hall–Kier alpha value is -2.89. The summed E-state index contributed by atoms with van der Waals surface area (Å²) in [6.45, 7) is 0. The maximum absolute atomic E-state index is 12.3. The first-order chi connectivity index (χ1) is 8.91. The lowest BCUT2D eigenvalue weighted by molar-refractivity contribution is 0.103. The molecule has 2 rings (SSSR count). The number of anilines is 3. The van der Waals surface area contributed by atoms with Crippen LogP contribution in [0.15, 0.2) is 30.3 Å². The molecule has 0 radical (unpaired) electrons. The van der Waals surface area contributed by atoms with Crippen molar-refractivity contribution < 1.29 is 15.0 Å². The van der Waals surface area contributed by atoms with E-state index in [2.05, 4.69) is 0 Å². The topological polar surface area (TPSA) is 136 Å². The maximum Gasteiger partial charge on any atom is 0.199 e. The fraction of sp³-hybridized carbons (Fsp3) is 0. The van der Waals surface area contributed by atoms with E-state index in [4.69, 9.17) is 17.2 Å². The number of phenolic OH excluding ortho intramolecular Hbond substituents is 2. The van der Waals surface area contributed by atoms with E-state index in [1.165, 1.54) is 12.1 Å². The standard InChI is InChI=1S/C13H13N3O3/c14-7-3-1-6(2-4-7)12(18)10-11(16)9(17)5-8(15)13(10)19/h1-5,17,19H,14-16H2. The number of phenols is 2. The monoisotopic (exact) mass is 259 g/mol. The number of nitrogens with two attached hydrogens (primary N) is 3. The Labute approximate surface area is 109 Å². The third-order valence-corrected chi connectivity index (χ3v) is 2.75. The van der Waals surface area contributed by atoms with Crippen LogP contribution < -0.4 is 17.2 Å². The van der Waals surface area contributed by atoms with Gasteiger partial charge in [-0.1, -0.05) is 0 Å². The number of hydrogen-bond donors (Lipinski definition) is 5. The summed E-state index contributed by atoms with van der Waals surface area (Å²) in [5, 5.41) is 19.4. The van der Waals surface area contributed by atoms with Gasteiger partial charge in [0.2, 0.25) is 0 Å². The van der Waals surface area contributed by atoms with E-state index >= 15 is 0 Å². The predicted molar refractivity (Wildman–Crippen MR) is 72.9 cm³/mol.